The molecule has 3 aromatic rings. The van der Waals surface area contributed by atoms with E-state index in [1.165, 1.54) is 15.6 Å². The van der Waals surface area contributed by atoms with Gasteiger partial charge in [0.1, 0.15) is 5.15 Å². The summed E-state index contributed by atoms with van der Waals surface area (Å²) in [6, 6.07) is 8.53. The fraction of sp³-hybridized carbons (Fsp3) is 0.368. The highest BCUT2D eigenvalue weighted by molar-refractivity contribution is 7.17. The van der Waals surface area contributed by atoms with Crippen molar-refractivity contribution in [3.05, 3.63) is 51.6 Å². The smallest absolute Gasteiger partial charge is 0.258 e. The Kier molecular flexibility index (Phi) is 4.73. The van der Waals surface area contributed by atoms with E-state index in [0.717, 1.165) is 19.6 Å². The number of benzene rings is 1. The van der Waals surface area contributed by atoms with Crippen molar-refractivity contribution in [3.8, 4) is 0 Å². The van der Waals surface area contributed by atoms with Crippen molar-refractivity contribution in [2.75, 3.05) is 26.2 Å². The number of nitrogens with zero attached hydrogens (tertiary/aromatic N) is 4. The molecule has 1 aliphatic rings. The summed E-state index contributed by atoms with van der Waals surface area (Å²) in [5.74, 6) is -0.0127. The number of aromatic nitrogens is 2. The standard InChI is InChI=1S/C19H21ClN4OS/c1-13-17(18(20)22(2)21-13)19(25)24-9-7-23(8-10-24)11-14-12-26-16-6-4-3-5-15(14)16/h3-6,12H,7-11H2,1-2H3. The zero-order valence-electron chi connectivity index (χ0n) is 14.9. The van der Waals surface area contributed by atoms with Crippen LogP contribution in [-0.4, -0.2) is 51.7 Å². The zero-order valence-corrected chi connectivity index (χ0v) is 16.5. The van der Waals surface area contributed by atoms with Gasteiger partial charge in [-0.1, -0.05) is 29.8 Å². The number of thiophene rings is 1. The lowest BCUT2D eigenvalue weighted by Crippen LogP contribution is -2.48. The second-order valence-electron chi connectivity index (χ2n) is 6.70. The predicted molar refractivity (Wildman–Crippen MR) is 106 cm³/mol. The Morgan fingerprint density at radius 1 is 1.23 bits per heavy atom. The molecule has 3 heterocycles. The first-order valence-corrected chi connectivity index (χ1v) is 9.96. The minimum atomic E-state index is -0.0127. The van der Waals surface area contributed by atoms with Gasteiger partial charge in [-0.05, 0) is 29.3 Å². The first-order valence-electron chi connectivity index (χ1n) is 8.70. The van der Waals surface area contributed by atoms with Gasteiger partial charge in [0.25, 0.3) is 5.91 Å². The van der Waals surface area contributed by atoms with Crippen molar-refractivity contribution in [1.82, 2.24) is 19.6 Å². The van der Waals surface area contributed by atoms with Gasteiger partial charge in [-0.25, -0.2) is 0 Å². The molecule has 1 saturated heterocycles. The molecular formula is C19H21ClN4OS. The molecule has 0 spiro atoms. The van der Waals surface area contributed by atoms with E-state index < -0.39 is 0 Å². The molecule has 1 aliphatic heterocycles. The van der Waals surface area contributed by atoms with Crippen LogP contribution in [-0.2, 0) is 13.6 Å². The van der Waals surface area contributed by atoms with Crippen molar-refractivity contribution < 1.29 is 4.79 Å². The number of aryl methyl sites for hydroxylation is 2. The summed E-state index contributed by atoms with van der Waals surface area (Å²) in [4.78, 5) is 17.1. The Labute approximate surface area is 161 Å². The molecule has 0 unspecified atom stereocenters. The summed E-state index contributed by atoms with van der Waals surface area (Å²) in [6.45, 7) is 5.92. The lowest BCUT2D eigenvalue weighted by Gasteiger charge is -2.34. The summed E-state index contributed by atoms with van der Waals surface area (Å²) in [7, 11) is 1.76. The molecule has 4 rings (SSSR count). The molecule has 1 aromatic carbocycles. The van der Waals surface area contributed by atoms with Gasteiger partial charge >= 0.3 is 0 Å². The van der Waals surface area contributed by atoms with Crippen molar-refractivity contribution in [2.45, 2.75) is 13.5 Å². The van der Waals surface area contributed by atoms with Crippen molar-refractivity contribution >= 4 is 38.9 Å². The topological polar surface area (TPSA) is 41.4 Å². The number of carbonyl (C=O) groups is 1. The molecular weight excluding hydrogens is 368 g/mol. The van der Waals surface area contributed by atoms with Gasteiger partial charge in [-0.2, -0.15) is 5.10 Å². The number of rotatable bonds is 3. The maximum atomic E-state index is 12.8. The molecule has 1 amide bonds. The summed E-state index contributed by atoms with van der Waals surface area (Å²) < 4.78 is 2.89. The third-order valence-electron chi connectivity index (χ3n) is 4.98. The quantitative estimate of drug-likeness (QED) is 0.689. The van der Waals surface area contributed by atoms with E-state index in [9.17, 15) is 4.79 Å². The highest BCUT2D eigenvalue weighted by Gasteiger charge is 2.27. The monoisotopic (exact) mass is 388 g/mol. The molecule has 0 aliphatic carbocycles. The van der Waals surface area contributed by atoms with Crippen LogP contribution in [0, 0.1) is 6.92 Å². The Bertz CT molecular complexity index is 956. The van der Waals surface area contributed by atoms with Crippen LogP contribution in [0.25, 0.3) is 10.1 Å². The Hall–Kier alpha value is -1.89. The van der Waals surface area contributed by atoms with Gasteiger partial charge in [0.15, 0.2) is 0 Å². The molecule has 136 valence electrons. The summed E-state index contributed by atoms with van der Waals surface area (Å²) in [6.07, 6.45) is 0. The number of piperazine rings is 1. The van der Waals surface area contributed by atoms with E-state index in [1.54, 1.807) is 23.1 Å². The minimum Gasteiger partial charge on any atom is -0.336 e. The minimum absolute atomic E-state index is 0.0127. The van der Waals surface area contributed by atoms with Crippen molar-refractivity contribution in [1.29, 1.82) is 0 Å². The Morgan fingerprint density at radius 2 is 1.96 bits per heavy atom. The number of halogens is 1. The summed E-state index contributed by atoms with van der Waals surface area (Å²) in [5, 5.41) is 8.26. The van der Waals surface area contributed by atoms with Gasteiger partial charge in [-0.3, -0.25) is 14.4 Å². The number of hydrogen-bond donors (Lipinski definition) is 0. The summed E-state index contributed by atoms with van der Waals surface area (Å²) >= 11 is 8.05. The number of hydrogen-bond acceptors (Lipinski definition) is 4. The SMILES string of the molecule is Cc1nn(C)c(Cl)c1C(=O)N1CCN(Cc2csc3ccccc23)CC1. The van der Waals surface area contributed by atoms with E-state index in [1.807, 2.05) is 11.8 Å². The molecule has 26 heavy (non-hydrogen) atoms. The zero-order chi connectivity index (χ0) is 18.3. The molecule has 0 bridgehead atoms. The van der Waals surface area contributed by atoms with Crippen LogP contribution in [0.5, 0.6) is 0 Å². The average Bonchev–Trinajstić information content (AvgIpc) is 3.16. The molecule has 7 heteroatoms. The largest absolute Gasteiger partial charge is 0.336 e. The van der Waals surface area contributed by atoms with E-state index >= 15 is 0 Å². The molecule has 0 N–H and O–H groups in total. The third kappa shape index (κ3) is 3.13. The second-order valence-corrected chi connectivity index (χ2v) is 7.97. The highest BCUT2D eigenvalue weighted by Crippen LogP contribution is 2.27. The number of fused-ring (bicyclic) bond motifs is 1. The van der Waals surface area contributed by atoms with Crippen molar-refractivity contribution in [3.63, 3.8) is 0 Å². The van der Waals surface area contributed by atoms with Gasteiger partial charge in [0, 0.05) is 44.5 Å². The maximum absolute atomic E-state index is 12.8. The van der Waals surface area contributed by atoms with Gasteiger partial charge in [0.2, 0.25) is 0 Å². The third-order valence-corrected chi connectivity index (χ3v) is 6.43. The van der Waals surface area contributed by atoms with E-state index in [2.05, 4.69) is 39.6 Å². The molecule has 5 nitrogen and oxygen atoms in total. The normalized spacial score (nSPS) is 15.7. The Morgan fingerprint density at radius 3 is 2.65 bits per heavy atom. The van der Waals surface area contributed by atoms with Gasteiger partial charge in [-0.15, -0.1) is 11.3 Å². The van der Waals surface area contributed by atoms with Crippen LogP contribution < -0.4 is 0 Å². The van der Waals surface area contributed by atoms with Crippen LogP contribution in [0.1, 0.15) is 21.6 Å². The first-order chi connectivity index (χ1) is 12.5. The Balaban J connectivity index is 1.42. The average molecular weight is 389 g/mol. The fourth-order valence-electron chi connectivity index (χ4n) is 3.54. The van der Waals surface area contributed by atoms with Crippen LogP contribution in [0.3, 0.4) is 0 Å². The lowest BCUT2D eigenvalue weighted by atomic mass is 10.1. The molecule has 0 saturated carbocycles. The first kappa shape index (κ1) is 17.5. The van der Waals surface area contributed by atoms with Crippen LogP contribution in [0.2, 0.25) is 5.15 Å². The van der Waals surface area contributed by atoms with Gasteiger partial charge in [0.05, 0.1) is 11.3 Å². The van der Waals surface area contributed by atoms with Crippen LogP contribution in [0.4, 0.5) is 0 Å². The fourth-order valence-corrected chi connectivity index (χ4v) is 4.75. The van der Waals surface area contributed by atoms with E-state index in [-0.39, 0.29) is 5.91 Å². The molecule has 2 aromatic heterocycles. The lowest BCUT2D eigenvalue weighted by molar-refractivity contribution is 0.0628. The maximum Gasteiger partial charge on any atom is 0.258 e. The van der Waals surface area contributed by atoms with E-state index in [4.69, 9.17) is 11.6 Å². The highest BCUT2D eigenvalue weighted by atomic mass is 35.5. The molecule has 0 radical (unpaired) electrons. The molecule has 0 atom stereocenters. The predicted octanol–water partition coefficient (Wildman–Crippen LogP) is 3.55. The second kappa shape index (κ2) is 7.02. The number of carbonyl (C=O) groups excluding carboxylic acids is 1. The number of amides is 1. The van der Waals surface area contributed by atoms with Gasteiger partial charge < -0.3 is 4.90 Å². The van der Waals surface area contributed by atoms with E-state index in [0.29, 0.717) is 29.5 Å². The molecule has 1 fully saturated rings. The van der Waals surface area contributed by atoms with Crippen molar-refractivity contribution in [2.24, 2.45) is 7.05 Å². The van der Waals surface area contributed by atoms with Crippen LogP contribution in [0.15, 0.2) is 29.6 Å². The summed E-state index contributed by atoms with van der Waals surface area (Å²) in [5.41, 5.74) is 2.60. The van der Waals surface area contributed by atoms with Crippen LogP contribution >= 0.6 is 22.9 Å².